The Bertz CT molecular complexity index is 933. The molecule has 3 aromatic rings. The first kappa shape index (κ1) is 14.7. The maximum absolute atomic E-state index is 13.0. The van der Waals surface area contributed by atoms with E-state index in [0.717, 1.165) is 40.4 Å². The van der Waals surface area contributed by atoms with E-state index in [-0.39, 0.29) is 12.1 Å². The van der Waals surface area contributed by atoms with Crippen molar-refractivity contribution in [3.63, 3.8) is 0 Å². The Morgan fingerprint density at radius 1 is 1.04 bits per heavy atom. The third-order valence-electron chi connectivity index (χ3n) is 4.73. The molecule has 1 fully saturated rings. The normalized spacial score (nSPS) is 19.4. The molecule has 2 aliphatic rings. The summed E-state index contributed by atoms with van der Waals surface area (Å²) in [6.07, 6.45) is 1.95. The predicted molar refractivity (Wildman–Crippen MR) is 99.5 cm³/mol. The number of rotatable bonds is 3. The molecule has 1 atom stereocenters. The monoisotopic (exact) mass is 347 g/mol. The number of para-hydroxylation sites is 1. The highest BCUT2D eigenvalue weighted by Gasteiger charge is 2.42. The standard InChI is InChI=1S/C20H17N3OS/c24-20-15-8-4-5-9-16(15)21-18(23(20)14-10-11-14)17-12-25-19(22-17)13-6-2-1-3-7-13/h1-9,12,14,18,21H,10-11H2/t18-/m0/s1. The smallest absolute Gasteiger partial charge is 0.258 e. The second-order valence-corrected chi connectivity index (χ2v) is 7.34. The maximum Gasteiger partial charge on any atom is 0.258 e. The number of fused-ring (bicyclic) bond motifs is 1. The third kappa shape index (κ3) is 2.51. The molecule has 1 aliphatic carbocycles. The molecule has 1 aliphatic heterocycles. The fourth-order valence-electron chi connectivity index (χ4n) is 3.34. The van der Waals surface area contributed by atoms with Gasteiger partial charge < -0.3 is 10.2 Å². The summed E-state index contributed by atoms with van der Waals surface area (Å²) in [5.74, 6) is 0.108. The van der Waals surface area contributed by atoms with Gasteiger partial charge in [0.1, 0.15) is 11.2 Å². The van der Waals surface area contributed by atoms with E-state index in [0.29, 0.717) is 6.04 Å². The molecule has 4 nitrogen and oxygen atoms in total. The van der Waals surface area contributed by atoms with Crippen LogP contribution in [-0.2, 0) is 0 Å². The van der Waals surface area contributed by atoms with E-state index >= 15 is 0 Å². The van der Waals surface area contributed by atoms with Crippen LogP contribution in [0.25, 0.3) is 10.6 Å². The highest BCUT2D eigenvalue weighted by molar-refractivity contribution is 7.13. The van der Waals surface area contributed by atoms with Gasteiger partial charge in [0.25, 0.3) is 5.91 Å². The SMILES string of the molecule is O=C1c2ccccc2N[C@H](c2csc(-c3ccccc3)n2)N1C1CC1. The van der Waals surface area contributed by atoms with E-state index in [9.17, 15) is 4.79 Å². The topological polar surface area (TPSA) is 45.2 Å². The van der Waals surface area contributed by atoms with Gasteiger partial charge in [0.15, 0.2) is 0 Å². The van der Waals surface area contributed by atoms with Crippen LogP contribution in [0.5, 0.6) is 0 Å². The van der Waals surface area contributed by atoms with Crippen molar-refractivity contribution >= 4 is 22.9 Å². The van der Waals surface area contributed by atoms with Gasteiger partial charge in [-0.15, -0.1) is 11.3 Å². The minimum Gasteiger partial charge on any atom is -0.359 e. The van der Waals surface area contributed by atoms with Gasteiger partial charge in [0.05, 0.1) is 11.3 Å². The Morgan fingerprint density at radius 2 is 1.80 bits per heavy atom. The molecular formula is C20H17N3OS. The minimum absolute atomic E-state index is 0.108. The number of hydrogen-bond acceptors (Lipinski definition) is 4. The second kappa shape index (κ2) is 5.70. The summed E-state index contributed by atoms with van der Waals surface area (Å²) >= 11 is 1.62. The second-order valence-electron chi connectivity index (χ2n) is 6.48. The van der Waals surface area contributed by atoms with Crippen molar-refractivity contribution in [2.75, 3.05) is 5.32 Å². The van der Waals surface area contributed by atoms with Crippen LogP contribution < -0.4 is 5.32 Å². The number of carbonyl (C=O) groups excluding carboxylic acids is 1. The molecule has 0 bridgehead atoms. The number of aromatic nitrogens is 1. The van der Waals surface area contributed by atoms with Crippen LogP contribution in [0.3, 0.4) is 0 Å². The number of benzene rings is 2. The molecule has 2 heterocycles. The Labute approximate surface area is 150 Å². The summed E-state index contributed by atoms with van der Waals surface area (Å²) < 4.78 is 0. The van der Waals surface area contributed by atoms with Gasteiger partial charge in [-0.25, -0.2) is 4.98 Å². The molecule has 0 saturated heterocycles. The molecule has 124 valence electrons. The van der Waals surface area contributed by atoms with Crippen molar-refractivity contribution in [1.29, 1.82) is 0 Å². The van der Waals surface area contributed by atoms with Crippen LogP contribution in [0.2, 0.25) is 0 Å². The Balaban J connectivity index is 1.54. The number of carbonyl (C=O) groups is 1. The zero-order valence-corrected chi connectivity index (χ0v) is 14.4. The number of nitrogens with zero attached hydrogens (tertiary/aromatic N) is 2. The predicted octanol–water partition coefficient (Wildman–Crippen LogP) is 4.54. The summed E-state index contributed by atoms with van der Waals surface area (Å²) in [5.41, 5.74) is 3.67. The van der Waals surface area contributed by atoms with E-state index in [1.54, 1.807) is 11.3 Å². The van der Waals surface area contributed by atoms with Crippen LogP contribution in [0, 0.1) is 0 Å². The third-order valence-corrected chi connectivity index (χ3v) is 5.64. The molecule has 1 amide bonds. The average molecular weight is 347 g/mol. The number of nitrogens with one attached hydrogen (secondary N) is 1. The Kier molecular flexibility index (Phi) is 3.35. The molecule has 0 spiro atoms. The molecular weight excluding hydrogens is 330 g/mol. The first-order valence-electron chi connectivity index (χ1n) is 8.50. The van der Waals surface area contributed by atoms with Gasteiger partial charge in [-0.1, -0.05) is 42.5 Å². The van der Waals surface area contributed by atoms with E-state index in [1.165, 1.54) is 0 Å². The van der Waals surface area contributed by atoms with Crippen LogP contribution >= 0.6 is 11.3 Å². The number of thiazole rings is 1. The van der Waals surface area contributed by atoms with Crippen molar-refractivity contribution in [3.05, 3.63) is 71.2 Å². The number of anilines is 1. The lowest BCUT2D eigenvalue weighted by Gasteiger charge is -2.37. The van der Waals surface area contributed by atoms with Gasteiger partial charge in [-0.05, 0) is 25.0 Å². The molecule has 2 aromatic carbocycles. The van der Waals surface area contributed by atoms with Crippen LogP contribution in [0.1, 0.15) is 35.1 Å². The molecule has 0 unspecified atom stereocenters. The summed E-state index contributed by atoms with van der Waals surface area (Å²) in [4.78, 5) is 19.8. The van der Waals surface area contributed by atoms with Gasteiger partial charge in [0, 0.05) is 22.7 Å². The average Bonchev–Trinajstić information content (AvgIpc) is 3.37. The lowest BCUT2D eigenvalue weighted by Crippen LogP contribution is -2.44. The van der Waals surface area contributed by atoms with Crippen molar-refractivity contribution < 1.29 is 4.79 Å². The largest absolute Gasteiger partial charge is 0.359 e. The van der Waals surface area contributed by atoms with E-state index < -0.39 is 0 Å². The zero-order valence-electron chi connectivity index (χ0n) is 13.6. The molecule has 5 heteroatoms. The quantitative estimate of drug-likeness (QED) is 0.756. The zero-order chi connectivity index (χ0) is 16.8. The van der Waals surface area contributed by atoms with Crippen LogP contribution in [0.4, 0.5) is 5.69 Å². The maximum atomic E-state index is 13.0. The minimum atomic E-state index is -0.191. The summed E-state index contributed by atoms with van der Waals surface area (Å²) in [6.45, 7) is 0. The van der Waals surface area contributed by atoms with Crippen molar-refractivity contribution in [2.45, 2.75) is 25.0 Å². The molecule has 25 heavy (non-hydrogen) atoms. The van der Waals surface area contributed by atoms with Crippen LogP contribution in [0.15, 0.2) is 60.0 Å². The van der Waals surface area contributed by atoms with E-state index in [2.05, 4.69) is 22.8 Å². The summed E-state index contributed by atoms with van der Waals surface area (Å²) in [5, 5.41) is 6.58. The molecule has 1 N–H and O–H groups in total. The van der Waals surface area contributed by atoms with Crippen molar-refractivity contribution in [3.8, 4) is 10.6 Å². The highest BCUT2D eigenvalue weighted by Crippen LogP contribution is 2.41. The fourth-order valence-corrected chi connectivity index (χ4v) is 4.18. The van der Waals surface area contributed by atoms with E-state index in [1.807, 2.05) is 47.4 Å². The van der Waals surface area contributed by atoms with Gasteiger partial charge >= 0.3 is 0 Å². The van der Waals surface area contributed by atoms with Crippen molar-refractivity contribution in [1.82, 2.24) is 9.88 Å². The van der Waals surface area contributed by atoms with E-state index in [4.69, 9.17) is 4.98 Å². The Hall–Kier alpha value is -2.66. The lowest BCUT2D eigenvalue weighted by atomic mass is 10.1. The molecule has 1 saturated carbocycles. The van der Waals surface area contributed by atoms with Crippen molar-refractivity contribution in [2.24, 2.45) is 0 Å². The number of amides is 1. The molecule has 5 rings (SSSR count). The van der Waals surface area contributed by atoms with Crippen LogP contribution in [-0.4, -0.2) is 21.8 Å². The van der Waals surface area contributed by atoms with Gasteiger partial charge in [-0.2, -0.15) is 0 Å². The summed E-state index contributed by atoms with van der Waals surface area (Å²) in [6, 6.07) is 18.2. The van der Waals surface area contributed by atoms with Gasteiger partial charge in [0.2, 0.25) is 0 Å². The molecule has 1 aromatic heterocycles. The van der Waals surface area contributed by atoms with Gasteiger partial charge in [-0.3, -0.25) is 4.79 Å². The lowest BCUT2D eigenvalue weighted by molar-refractivity contribution is 0.0663. The fraction of sp³-hybridized carbons (Fsp3) is 0.200. The number of hydrogen-bond donors (Lipinski definition) is 1. The summed E-state index contributed by atoms with van der Waals surface area (Å²) in [7, 11) is 0. The highest BCUT2D eigenvalue weighted by atomic mass is 32.1. The first-order chi connectivity index (χ1) is 12.3. The molecule has 0 radical (unpaired) electrons. The first-order valence-corrected chi connectivity index (χ1v) is 9.38. The Morgan fingerprint density at radius 3 is 2.60 bits per heavy atom.